The number of pyridine rings is 1. The third-order valence-electron chi connectivity index (χ3n) is 3.00. The predicted molar refractivity (Wildman–Crippen MR) is 69.1 cm³/mol. The van der Waals surface area contributed by atoms with E-state index in [0.717, 1.165) is 0 Å². The molecule has 2 amide bonds. The van der Waals surface area contributed by atoms with Crippen molar-refractivity contribution < 1.29 is 14.3 Å². The molecule has 0 bridgehead atoms. The van der Waals surface area contributed by atoms with E-state index in [-0.39, 0.29) is 12.0 Å². The zero-order valence-corrected chi connectivity index (χ0v) is 11.3. The molecule has 0 radical (unpaired) electrons. The molecule has 0 N–H and O–H groups in total. The van der Waals surface area contributed by atoms with E-state index in [1.165, 1.54) is 19.5 Å². The first-order valence-electron chi connectivity index (χ1n) is 5.85. The van der Waals surface area contributed by atoms with Crippen molar-refractivity contribution in [3.8, 4) is 0 Å². The normalized spacial score (nSPS) is 15.3. The van der Waals surface area contributed by atoms with Crippen LogP contribution in [0.5, 0.6) is 0 Å². The Balaban J connectivity index is 2.00. The monoisotopic (exact) mass is 283 g/mol. The molecule has 0 unspecified atom stereocenters. The average molecular weight is 284 g/mol. The summed E-state index contributed by atoms with van der Waals surface area (Å²) in [5.74, 6) is -0.164. The number of carbonyl (C=O) groups excluding carboxylic acids is 2. The van der Waals surface area contributed by atoms with Gasteiger partial charge < -0.3 is 14.5 Å². The molecule has 6 nitrogen and oxygen atoms in total. The minimum absolute atomic E-state index is 0.164. The molecule has 2 heterocycles. The highest BCUT2D eigenvalue weighted by Gasteiger charge is 2.26. The number of methoxy groups -OCH3 is 1. The number of hydrogen-bond acceptors (Lipinski definition) is 4. The van der Waals surface area contributed by atoms with Gasteiger partial charge in [0.05, 0.1) is 17.7 Å². The molecule has 1 fully saturated rings. The van der Waals surface area contributed by atoms with Crippen molar-refractivity contribution in [2.45, 2.75) is 0 Å². The molecule has 19 heavy (non-hydrogen) atoms. The van der Waals surface area contributed by atoms with E-state index in [1.54, 1.807) is 15.9 Å². The first-order chi connectivity index (χ1) is 9.13. The number of ether oxygens (including phenoxy) is 1. The second kappa shape index (κ2) is 5.88. The second-order valence-electron chi connectivity index (χ2n) is 4.10. The summed E-state index contributed by atoms with van der Waals surface area (Å²) in [6.07, 6.45) is 2.62. The topological polar surface area (TPSA) is 62.7 Å². The highest BCUT2D eigenvalue weighted by molar-refractivity contribution is 6.33. The molecular weight excluding hydrogens is 270 g/mol. The van der Waals surface area contributed by atoms with Gasteiger partial charge in [-0.1, -0.05) is 11.6 Å². The van der Waals surface area contributed by atoms with Gasteiger partial charge in [-0.2, -0.15) is 0 Å². The minimum atomic E-state index is -0.369. The number of hydrogen-bond donors (Lipinski definition) is 0. The molecule has 1 aromatic rings. The van der Waals surface area contributed by atoms with Gasteiger partial charge in [-0.15, -0.1) is 0 Å². The molecule has 0 aromatic carbocycles. The molecular formula is C12H14ClN3O3. The Morgan fingerprint density at radius 2 is 1.89 bits per heavy atom. The maximum Gasteiger partial charge on any atom is 0.409 e. The number of halogens is 1. The molecule has 1 saturated heterocycles. The number of nitrogens with zero attached hydrogens (tertiary/aromatic N) is 3. The molecule has 2 rings (SSSR count). The van der Waals surface area contributed by atoms with Crippen LogP contribution in [0.15, 0.2) is 18.5 Å². The van der Waals surface area contributed by atoms with Crippen molar-refractivity contribution in [1.82, 2.24) is 14.8 Å². The molecule has 0 atom stereocenters. The second-order valence-corrected chi connectivity index (χ2v) is 4.51. The summed E-state index contributed by atoms with van der Waals surface area (Å²) in [6, 6.07) is 1.58. The van der Waals surface area contributed by atoms with Crippen LogP contribution >= 0.6 is 11.6 Å². The highest BCUT2D eigenvalue weighted by atomic mass is 35.5. The first-order valence-corrected chi connectivity index (χ1v) is 6.23. The van der Waals surface area contributed by atoms with Crippen molar-refractivity contribution >= 4 is 23.6 Å². The number of aromatic nitrogens is 1. The van der Waals surface area contributed by atoms with Crippen molar-refractivity contribution in [1.29, 1.82) is 0 Å². The van der Waals surface area contributed by atoms with Crippen LogP contribution in [0.3, 0.4) is 0 Å². The van der Waals surface area contributed by atoms with E-state index < -0.39 is 0 Å². The van der Waals surface area contributed by atoms with Gasteiger partial charge in [-0.05, 0) is 6.07 Å². The molecule has 7 heteroatoms. The van der Waals surface area contributed by atoms with Gasteiger partial charge in [0, 0.05) is 38.6 Å². The molecule has 102 valence electrons. The van der Waals surface area contributed by atoms with Crippen LogP contribution < -0.4 is 0 Å². The van der Waals surface area contributed by atoms with E-state index >= 15 is 0 Å². The fraction of sp³-hybridized carbons (Fsp3) is 0.417. The third kappa shape index (κ3) is 2.96. The van der Waals surface area contributed by atoms with E-state index in [1.807, 2.05) is 0 Å². The summed E-state index contributed by atoms with van der Waals surface area (Å²) in [6.45, 7) is 1.82. The van der Waals surface area contributed by atoms with E-state index in [9.17, 15) is 9.59 Å². The Labute approximate surface area is 115 Å². The van der Waals surface area contributed by atoms with Gasteiger partial charge in [0.25, 0.3) is 5.91 Å². The van der Waals surface area contributed by atoms with Crippen molar-refractivity contribution in [3.05, 3.63) is 29.0 Å². The standard InChI is InChI=1S/C12H14ClN3O3/c1-19-12(18)16-6-4-15(5-7-16)11(17)9-8-14-3-2-10(9)13/h2-3,8H,4-7H2,1H3. The maximum absolute atomic E-state index is 12.2. The van der Waals surface area contributed by atoms with Crippen LogP contribution in [-0.2, 0) is 4.74 Å². The van der Waals surface area contributed by atoms with Crippen LogP contribution in [0, 0.1) is 0 Å². The molecule has 0 saturated carbocycles. The van der Waals surface area contributed by atoms with Crippen LogP contribution in [0.1, 0.15) is 10.4 Å². The van der Waals surface area contributed by atoms with Crippen molar-refractivity contribution in [2.24, 2.45) is 0 Å². The third-order valence-corrected chi connectivity index (χ3v) is 3.33. The number of piperazine rings is 1. The Bertz CT molecular complexity index is 487. The van der Waals surface area contributed by atoms with E-state index in [4.69, 9.17) is 11.6 Å². The van der Waals surface area contributed by atoms with Gasteiger partial charge in [-0.25, -0.2) is 4.79 Å². The number of amides is 2. The zero-order valence-electron chi connectivity index (χ0n) is 10.5. The lowest BCUT2D eigenvalue weighted by Crippen LogP contribution is -2.50. The SMILES string of the molecule is COC(=O)N1CCN(C(=O)c2cnccc2Cl)CC1. The molecule has 1 aliphatic rings. The Hall–Kier alpha value is -1.82. The number of rotatable bonds is 1. The summed E-state index contributed by atoms with van der Waals surface area (Å²) in [5.41, 5.74) is 0.385. The number of carbonyl (C=O) groups is 2. The van der Waals surface area contributed by atoms with E-state index in [2.05, 4.69) is 9.72 Å². The van der Waals surface area contributed by atoms with Gasteiger partial charge >= 0.3 is 6.09 Å². The minimum Gasteiger partial charge on any atom is -0.453 e. The fourth-order valence-corrected chi connectivity index (χ4v) is 2.11. The summed E-state index contributed by atoms with van der Waals surface area (Å²) in [7, 11) is 1.34. The highest BCUT2D eigenvalue weighted by Crippen LogP contribution is 2.17. The zero-order chi connectivity index (χ0) is 13.8. The van der Waals surface area contributed by atoms with Crippen molar-refractivity contribution in [3.63, 3.8) is 0 Å². The van der Waals surface area contributed by atoms with Crippen LogP contribution in [-0.4, -0.2) is 60.1 Å². The summed E-state index contributed by atoms with van der Waals surface area (Å²) in [5, 5.41) is 0.385. The van der Waals surface area contributed by atoms with Gasteiger partial charge in [0.15, 0.2) is 0 Å². The smallest absolute Gasteiger partial charge is 0.409 e. The largest absolute Gasteiger partial charge is 0.453 e. The quantitative estimate of drug-likeness (QED) is 0.778. The Morgan fingerprint density at radius 1 is 1.26 bits per heavy atom. The predicted octanol–water partition coefficient (Wildman–Crippen LogP) is 1.26. The first kappa shape index (κ1) is 13.6. The summed E-state index contributed by atoms with van der Waals surface area (Å²) >= 11 is 5.97. The summed E-state index contributed by atoms with van der Waals surface area (Å²) in [4.78, 5) is 30.7. The summed E-state index contributed by atoms with van der Waals surface area (Å²) < 4.78 is 4.64. The fourth-order valence-electron chi connectivity index (χ4n) is 1.93. The Kier molecular flexibility index (Phi) is 4.21. The van der Waals surface area contributed by atoms with E-state index in [0.29, 0.717) is 36.8 Å². The lowest BCUT2D eigenvalue weighted by molar-refractivity contribution is 0.0599. The van der Waals surface area contributed by atoms with Crippen LogP contribution in [0.2, 0.25) is 5.02 Å². The van der Waals surface area contributed by atoms with Gasteiger partial charge in [0.1, 0.15) is 0 Å². The maximum atomic E-state index is 12.2. The molecule has 1 aromatic heterocycles. The van der Waals surface area contributed by atoms with Crippen LogP contribution in [0.25, 0.3) is 0 Å². The van der Waals surface area contributed by atoms with Crippen molar-refractivity contribution in [2.75, 3.05) is 33.3 Å². The van der Waals surface area contributed by atoms with Crippen LogP contribution in [0.4, 0.5) is 4.79 Å². The van der Waals surface area contributed by atoms with Gasteiger partial charge in [-0.3, -0.25) is 9.78 Å². The lowest BCUT2D eigenvalue weighted by atomic mass is 10.2. The van der Waals surface area contributed by atoms with Gasteiger partial charge in [0.2, 0.25) is 0 Å². The molecule has 0 spiro atoms. The molecule has 1 aliphatic heterocycles. The molecule has 0 aliphatic carbocycles. The average Bonchev–Trinajstić information content (AvgIpc) is 2.46. The lowest BCUT2D eigenvalue weighted by Gasteiger charge is -2.33. The Morgan fingerprint density at radius 3 is 2.47 bits per heavy atom.